The standard InChI is InChI=1S/C17H30N4S.HI/c1-3-18-17(20-14-16-9-8-15(2)22-16)19-10-13-21-11-6-4-5-7-12-21;/h8-9H,3-7,10-14H2,1-2H3,(H2,18,19,20);1H. The summed E-state index contributed by atoms with van der Waals surface area (Å²) in [5.41, 5.74) is 0. The molecule has 1 fully saturated rings. The molecule has 1 aliphatic heterocycles. The molecule has 1 aliphatic rings. The van der Waals surface area contributed by atoms with Crippen molar-refractivity contribution in [2.45, 2.75) is 46.1 Å². The molecule has 0 spiro atoms. The van der Waals surface area contributed by atoms with Crippen molar-refractivity contribution in [1.29, 1.82) is 0 Å². The van der Waals surface area contributed by atoms with Gasteiger partial charge < -0.3 is 15.5 Å². The van der Waals surface area contributed by atoms with Crippen LogP contribution in [0, 0.1) is 6.92 Å². The molecular formula is C17H31IN4S. The van der Waals surface area contributed by atoms with Gasteiger partial charge in [0.1, 0.15) is 0 Å². The lowest BCUT2D eigenvalue weighted by molar-refractivity contribution is 0.289. The van der Waals surface area contributed by atoms with Gasteiger partial charge in [-0.25, -0.2) is 4.99 Å². The molecule has 1 saturated heterocycles. The Balaban J connectivity index is 0.00000264. The Hall–Kier alpha value is -0.340. The summed E-state index contributed by atoms with van der Waals surface area (Å²) in [5.74, 6) is 0.934. The number of hydrogen-bond acceptors (Lipinski definition) is 3. The van der Waals surface area contributed by atoms with Crippen molar-refractivity contribution in [2.75, 3.05) is 32.7 Å². The number of aliphatic imine (C=N–C) groups is 1. The molecular weight excluding hydrogens is 419 g/mol. The maximum atomic E-state index is 4.68. The Morgan fingerprint density at radius 1 is 1.17 bits per heavy atom. The van der Waals surface area contributed by atoms with Crippen molar-refractivity contribution in [3.63, 3.8) is 0 Å². The normalized spacial score (nSPS) is 16.5. The third-order valence-corrected chi connectivity index (χ3v) is 4.94. The number of guanidine groups is 1. The summed E-state index contributed by atoms with van der Waals surface area (Å²) >= 11 is 1.83. The van der Waals surface area contributed by atoms with Gasteiger partial charge in [-0.2, -0.15) is 0 Å². The molecule has 0 bridgehead atoms. The molecule has 1 aromatic rings. The quantitative estimate of drug-likeness (QED) is 0.395. The fourth-order valence-corrected chi connectivity index (χ4v) is 3.58. The van der Waals surface area contributed by atoms with Gasteiger partial charge in [-0.15, -0.1) is 35.3 Å². The maximum Gasteiger partial charge on any atom is 0.191 e. The molecule has 0 aromatic carbocycles. The Morgan fingerprint density at radius 3 is 2.52 bits per heavy atom. The van der Waals surface area contributed by atoms with E-state index in [1.165, 1.54) is 48.5 Å². The zero-order chi connectivity index (χ0) is 15.6. The van der Waals surface area contributed by atoms with Crippen LogP contribution in [0.3, 0.4) is 0 Å². The van der Waals surface area contributed by atoms with E-state index in [-0.39, 0.29) is 24.0 Å². The van der Waals surface area contributed by atoms with Crippen molar-refractivity contribution < 1.29 is 0 Å². The molecule has 6 heteroatoms. The van der Waals surface area contributed by atoms with Crippen LogP contribution in [0.5, 0.6) is 0 Å². The van der Waals surface area contributed by atoms with E-state index in [4.69, 9.17) is 0 Å². The Kier molecular flexibility index (Phi) is 10.9. The summed E-state index contributed by atoms with van der Waals surface area (Å²) < 4.78 is 0. The van der Waals surface area contributed by atoms with Crippen LogP contribution in [-0.4, -0.2) is 43.6 Å². The summed E-state index contributed by atoms with van der Waals surface area (Å²) in [6, 6.07) is 4.33. The molecule has 4 nitrogen and oxygen atoms in total. The largest absolute Gasteiger partial charge is 0.357 e. The van der Waals surface area contributed by atoms with Gasteiger partial charge in [0.15, 0.2) is 5.96 Å². The van der Waals surface area contributed by atoms with Crippen LogP contribution >= 0.6 is 35.3 Å². The molecule has 0 atom stereocenters. The third-order valence-electron chi connectivity index (χ3n) is 3.95. The molecule has 0 radical (unpaired) electrons. The van der Waals surface area contributed by atoms with E-state index >= 15 is 0 Å². The van der Waals surface area contributed by atoms with Gasteiger partial charge in [0, 0.05) is 29.4 Å². The third kappa shape index (κ3) is 8.35. The fourth-order valence-electron chi connectivity index (χ4n) is 2.76. The highest BCUT2D eigenvalue weighted by molar-refractivity contribution is 14.0. The fraction of sp³-hybridized carbons (Fsp3) is 0.706. The van der Waals surface area contributed by atoms with Gasteiger partial charge in [0.2, 0.25) is 0 Å². The van der Waals surface area contributed by atoms with Gasteiger partial charge in [0.25, 0.3) is 0 Å². The van der Waals surface area contributed by atoms with Crippen molar-refractivity contribution in [1.82, 2.24) is 15.5 Å². The monoisotopic (exact) mass is 450 g/mol. The molecule has 2 rings (SSSR count). The van der Waals surface area contributed by atoms with Crippen LogP contribution in [-0.2, 0) is 6.54 Å². The number of halogens is 1. The highest BCUT2D eigenvalue weighted by Crippen LogP contribution is 2.15. The summed E-state index contributed by atoms with van der Waals surface area (Å²) in [6.07, 6.45) is 5.50. The first-order valence-corrected chi connectivity index (χ1v) is 9.39. The molecule has 0 aliphatic carbocycles. The average Bonchev–Trinajstić information content (AvgIpc) is 2.76. The van der Waals surface area contributed by atoms with Gasteiger partial charge in [0.05, 0.1) is 6.54 Å². The molecule has 0 amide bonds. The van der Waals surface area contributed by atoms with Crippen LogP contribution in [0.2, 0.25) is 0 Å². The van der Waals surface area contributed by atoms with Crippen molar-refractivity contribution in [3.05, 3.63) is 21.9 Å². The Morgan fingerprint density at radius 2 is 1.91 bits per heavy atom. The summed E-state index contributed by atoms with van der Waals surface area (Å²) in [4.78, 5) is 9.93. The number of hydrogen-bond donors (Lipinski definition) is 2. The lowest BCUT2D eigenvalue weighted by atomic mass is 10.2. The first-order valence-electron chi connectivity index (χ1n) is 8.58. The molecule has 1 aromatic heterocycles. The minimum atomic E-state index is 0. The molecule has 132 valence electrons. The van der Waals surface area contributed by atoms with E-state index in [1.54, 1.807) is 0 Å². The zero-order valence-electron chi connectivity index (χ0n) is 14.4. The molecule has 2 N–H and O–H groups in total. The van der Waals surface area contributed by atoms with Crippen LogP contribution in [0.4, 0.5) is 0 Å². The van der Waals surface area contributed by atoms with Crippen LogP contribution in [0.1, 0.15) is 42.4 Å². The van der Waals surface area contributed by atoms with Gasteiger partial charge in [-0.1, -0.05) is 12.8 Å². The van der Waals surface area contributed by atoms with Gasteiger partial charge in [-0.05, 0) is 51.9 Å². The zero-order valence-corrected chi connectivity index (χ0v) is 17.6. The lowest BCUT2D eigenvalue weighted by Crippen LogP contribution is -2.41. The van der Waals surface area contributed by atoms with E-state index in [0.717, 1.165) is 32.1 Å². The number of nitrogens with one attached hydrogen (secondary N) is 2. The first-order chi connectivity index (χ1) is 10.8. The van der Waals surface area contributed by atoms with Crippen molar-refractivity contribution in [2.24, 2.45) is 4.99 Å². The topological polar surface area (TPSA) is 39.7 Å². The van der Waals surface area contributed by atoms with Gasteiger partial charge in [-0.3, -0.25) is 0 Å². The second-order valence-corrected chi connectivity index (χ2v) is 7.26. The van der Waals surface area contributed by atoms with Crippen molar-refractivity contribution >= 4 is 41.3 Å². The average molecular weight is 450 g/mol. The lowest BCUT2D eigenvalue weighted by Gasteiger charge is -2.20. The molecule has 2 heterocycles. The minimum Gasteiger partial charge on any atom is -0.357 e. The number of likely N-dealkylation sites (tertiary alicyclic amines) is 1. The summed E-state index contributed by atoms with van der Waals surface area (Å²) in [5, 5.41) is 6.80. The molecule has 0 unspecified atom stereocenters. The van der Waals surface area contributed by atoms with Crippen LogP contribution in [0.25, 0.3) is 0 Å². The van der Waals surface area contributed by atoms with E-state index in [1.807, 2.05) is 11.3 Å². The highest BCUT2D eigenvalue weighted by atomic mass is 127. The van der Waals surface area contributed by atoms with E-state index < -0.39 is 0 Å². The summed E-state index contributed by atoms with van der Waals surface area (Å²) in [6.45, 7) is 10.5. The summed E-state index contributed by atoms with van der Waals surface area (Å²) in [7, 11) is 0. The van der Waals surface area contributed by atoms with Crippen LogP contribution in [0.15, 0.2) is 17.1 Å². The Bertz CT molecular complexity index is 453. The van der Waals surface area contributed by atoms with E-state index in [0.29, 0.717) is 0 Å². The second kappa shape index (κ2) is 12.1. The van der Waals surface area contributed by atoms with Crippen LogP contribution < -0.4 is 10.6 Å². The smallest absolute Gasteiger partial charge is 0.191 e. The predicted molar refractivity (Wildman–Crippen MR) is 112 cm³/mol. The molecule has 0 saturated carbocycles. The first kappa shape index (κ1) is 20.7. The van der Waals surface area contributed by atoms with E-state index in [2.05, 4.69) is 46.5 Å². The maximum absolute atomic E-state index is 4.68. The van der Waals surface area contributed by atoms with E-state index in [9.17, 15) is 0 Å². The highest BCUT2D eigenvalue weighted by Gasteiger charge is 2.08. The number of thiophene rings is 1. The van der Waals surface area contributed by atoms with Gasteiger partial charge >= 0.3 is 0 Å². The van der Waals surface area contributed by atoms with Crippen molar-refractivity contribution in [3.8, 4) is 0 Å². The predicted octanol–water partition coefficient (Wildman–Crippen LogP) is 3.61. The second-order valence-electron chi connectivity index (χ2n) is 5.89. The SMILES string of the molecule is CCNC(=NCc1ccc(C)s1)NCCN1CCCCCC1.I. The Labute approximate surface area is 162 Å². The minimum absolute atomic E-state index is 0. The number of aryl methyl sites for hydroxylation is 1. The molecule has 23 heavy (non-hydrogen) atoms. The number of nitrogens with zero attached hydrogens (tertiary/aromatic N) is 2. The number of rotatable bonds is 6.